The van der Waals surface area contributed by atoms with Crippen LogP contribution in [0.25, 0.3) is 11.1 Å². The quantitative estimate of drug-likeness (QED) is 0.848. The first-order valence-electron chi connectivity index (χ1n) is 8.05. The summed E-state index contributed by atoms with van der Waals surface area (Å²) in [7, 11) is 1.68. The van der Waals surface area contributed by atoms with Crippen LogP contribution in [0.2, 0.25) is 0 Å². The van der Waals surface area contributed by atoms with Crippen molar-refractivity contribution in [1.82, 2.24) is 4.90 Å². The summed E-state index contributed by atoms with van der Waals surface area (Å²) in [4.78, 5) is 17.7. The van der Waals surface area contributed by atoms with Gasteiger partial charge in [-0.3, -0.25) is 15.5 Å². The molecule has 1 atom stereocenters. The lowest BCUT2D eigenvalue weighted by atomic mass is 9.98. The van der Waals surface area contributed by atoms with Crippen molar-refractivity contribution >= 4 is 17.3 Å². The lowest BCUT2D eigenvalue weighted by Gasteiger charge is -2.27. The van der Waals surface area contributed by atoms with Crippen LogP contribution in [0.5, 0.6) is 0 Å². The first kappa shape index (κ1) is 16.2. The van der Waals surface area contributed by atoms with E-state index in [1.807, 2.05) is 30.3 Å². The van der Waals surface area contributed by atoms with E-state index in [1.54, 1.807) is 7.05 Å². The highest BCUT2D eigenvalue weighted by molar-refractivity contribution is 6.02. The number of nitrogens with two attached hydrogens (primary N) is 2. The van der Waals surface area contributed by atoms with Crippen molar-refractivity contribution < 1.29 is 4.79 Å². The molecule has 0 spiro atoms. The van der Waals surface area contributed by atoms with Crippen molar-refractivity contribution in [3.05, 3.63) is 54.1 Å². The van der Waals surface area contributed by atoms with Gasteiger partial charge < -0.3 is 10.6 Å². The molecule has 0 saturated heterocycles. The zero-order valence-electron chi connectivity index (χ0n) is 13.8. The summed E-state index contributed by atoms with van der Waals surface area (Å²) in [5, 5.41) is 0. The molecule has 5 nitrogen and oxygen atoms in total. The SMILES string of the molecule is CN1C(=O)CC(CCc2cccc(-c3ccccc3N)c2)=NC1N. The molecule has 0 radical (unpaired) electrons. The van der Waals surface area contributed by atoms with Gasteiger partial charge in [-0.2, -0.15) is 0 Å². The van der Waals surface area contributed by atoms with Crippen LogP contribution in [0.15, 0.2) is 53.5 Å². The Hall–Kier alpha value is -2.66. The van der Waals surface area contributed by atoms with Gasteiger partial charge in [0.1, 0.15) is 0 Å². The minimum atomic E-state index is -0.559. The first-order valence-corrected chi connectivity index (χ1v) is 8.05. The molecule has 0 saturated carbocycles. The number of amides is 1. The summed E-state index contributed by atoms with van der Waals surface area (Å²) < 4.78 is 0. The van der Waals surface area contributed by atoms with Gasteiger partial charge in [-0.15, -0.1) is 0 Å². The standard InChI is InChI=1S/C19H22N4O/c1-23-18(24)12-15(22-19(23)21)10-9-13-5-4-6-14(11-13)16-7-2-3-8-17(16)20/h2-8,11,19H,9-10,12,20-21H2,1H3. The molecular weight excluding hydrogens is 300 g/mol. The van der Waals surface area contributed by atoms with Gasteiger partial charge in [-0.05, 0) is 30.0 Å². The van der Waals surface area contributed by atoms with Crippen molar-refractivity contribution in [3.63, 3.8) is 0 Å². The fourth-order valence-electron chi connectivity index (χ4n) is 2.86. The Morgan fingerprint density at radius 3 is 2.71 bits per heavy atom. The smallest absolute Gasteiger partial charge is 0.230 e. The fourth-order valence-corrected chi connectivity index (χ4v) is 2.86. The van der Waals surface area contributed by atoms with Gasteiger partial charge in [0.15, 0.2) is 6.29 Å². The van der Waals surface area contributed by atoms with Gasteiger partial charge in [0.2, 0.25) is 5.91 Å². The summed E-state index contributed by atoms with van der Waals surface area (Å²) in [6, 6.07) is 16.2. The molecule has 0 bridgehead atoms. The first-order chi connectivity index (χ1) is 11.5. The van der Waals surface area contributed by atoms with Gasteiger partial charge >= 0.3 is 0 Å². The number of rotatable bonds is 4. The van der Waals surface area contributed by atoms with Gasteiger partial charge in [0, 0.05) is 24.0 Å². The van der Waals surface area contributed by atoms with E-state index in [0.717, 1.165) is 35.4 Å². The zero-order valence-corrected chi connectivity index (χ0v) is 13.8. The Morgan fingerprint density at radius 1 is 1.17 bits per heavy atom. The number of hydrogen-bond acceptors (Lipinski definition) is 4. The highest BCUT2D eigenvalue weighted by Gasteiger charge is 2.23. The Balaban J connectivity index is 1.73. The molecule has 4 N–H and O–H groups in total. The largest absolute Gasteiger partial charge is 0.398 e. The highest BCUT2D eigenvalue weighted by Crippen LogP contribution is 2.26. The van der Waals surface area contributed by atoms with Crippen LogP contribution in [0.4, 0.5) is 5.69 Å². The van der Waals surface area contributed by atoms with E-state index in [0.29, 0.717) is 6.42 Å². The normalized spacial score (nSPS) is 17.8. The zero-order chi connectivity index (χ0) is 17.1. The topological polar surface area (TPSA) is 84.7 Å². The molecular formula is C19H22N4O. The Morgan fingerprint density at radius 2 is 1.96 bits per heavy atom. The Bertz CT molecular complexity index is 784. The van der Waals surface area contributed by atoms with Crippen molar-refractivity contribution in [2.45, 2.75) is 25.6 Å². The van der Waals surface area contributed by atoms with Crippen LogP contribution in [0, 0.1) is 0 Å². The van der Waals surface area contributed by atoms with Crippen molar-refractivity contribution in [1.29, 1.82) is 0 Å². The molecule has 0 aromatic heterocycles. The number of aryl methyl sites for hydroxylation is 1. The number of carbonyl (C=O) groups excluding carboxylic acids is 1. The van der Waals surface area contributed by atoms with Crippen LogP contribution in [-0.4, -0.2) is 29.9 Å². The fraction of sp³-hybridized carbons (Fsp3) is 0.263. The second kappa shape index (κ2) is 6.84. The van der Waals surface area contributed by atoms with Crippen molar-refractivity contribution in [2.24, 2.45) is 10.7 Å². The molecule has 0 aliphatic carbocycles. The third-order valence-electron chi connectivity index (χ3n) is 4.36. The van der Waals surface area contributed by atoms with Crippen LogP contribution < -0.4 is 11.5 Å². The predicted octanol–water partition coefficient (Wildman–Crippen LogP) is 2.41. The molecule has 1 heterocycles. The van der Waals surface area contributed by atoms with E-state index >= 15 is 0 Å². The second-order valence-electron chi connectivity index (χ2n) is 6.08. The number of nitrogen functional groups attached to an aromatic ring is 1. The summed E-state index contributed by atoms with van der Waals surface area (Å²) >= 11 is 0. The van der Waals surface area contributed by atoms with E-state index in [2.05, 4.69) is 23.2 Å². The molecule has 2 aromatic carbocycles. The molecule has 1 unspecified atom stereocenters. The van der Waals surface area contributed by atoms with Gasteiger partial charge in [0.25, 0.3) is 0 Å². The van der Waals surface area contributed by atoms with Crippen LogP contribution >= 0.6 is 0 Å². The minimum Gasteiger partial charge on any atom is -0.398 e. The van der Waals surface area contributed by atoms with Crippen molar-refractivity contribution in [2.75, 3.05) is 12.8 Å². The number of hydrogen-bond donors (Lipinski definition) is 2. The highest BCUT2D eigenvalue weighted by atomic mass is 16.2. The number of para-hydroxylation sites is 1. The van der Waals surface area contributed by atoms with Crippen molar-refractivity contribution in [3.8, 4) is 11.1 Å². The summed E-state index contributed by atoms with van der Waals surface area (Å²) in [6.45, 7) is 0. The molecule has 1 aliphatic rings. The molecule has 24 heavy (non-hydrogen) atoms. The summed E-state index contributed by atoms with van der Waals surface area (Å²) in [6.07, 6.45) is 1.36. The Kier molecular flexibility index (Phi) is 4.62. The second-order valence-corrected chi connectivity index (χ2v) is 6.08. The third-order valence-corrected chi connectivity index (χ3v) is 4.36. The summed E-state index contributed by atoms with van der Waals surface area (Å²) in [5.41, 5.74) is 16.9. The van der Waals surface area contributed by atoms with Gasteiger partial charge in [-0.25, -0.2) is 0 Å². The maximum absolute atomic E-state index is 11.9. The number of aliphatic imine (C=N–C) groups is 1. The number of anilines is 1. The molecule has 3 rings (SSSR count). The van der Waals surface area contributed by atoms with Crippen LogP contribution in [-0.2, 0) is 11.2 Å². The molecule has 1 aliphatic heterocycles. The average Bonchev–Trinajstić information content (AvgIpc) is 2.58. The lowest BCUT2D eigenvalue weighted by molar-refractivity contribution is -0.131. The lowest BCUT2D eigenvalue weighted by Crippen LogP contribution is -2.46. The predicted molar refractivity (Wildman–Crippen MR) is 97.4 cm³/mol. The van der Waals surface area contributed by atoms with E-state index in [-0.39, 0.29) is 5.91 Å². The number of benzene rings is 2. The molecule has 1 amide bonds. The third kappa shape index (κ3) is 3.46. The molecule has 2 aromatic rings. The van der Waals surface area contributed by atoms with E-state index in [1.165, 1.54) is 10.5 Å². The molecule has 5 heteroatoms. The van der Waals surface area contributed by atoms with E-state index < -0.39 is 6.29 Å². The van der Waals surface area contributed by atoms with E-state index in [4.69, 9.17) is 11.5 Å². The average molecular weight is 322 g/mol. The maximum atomic E-state index is 11.9. The summed E-state index contributed by atoms with van der Waals surface area (Å²) in [5.74, 6) is 0.0262. The Labute approximate surface area is 142 Å². The minimum absolute atomic E-state index is 0.0262. The van der Waals surface area contributed by atoms with E-state index in [9.17, 15) is 4.79 Å². The molecule has 124 valence electrons. The number of nitrogens with zero attached hydrogens (tertiary/aromatic N) is 2. The number of carbonyl (C=O) groups is 1. The maximum Gasteiger partial charge on any atom is 0.230 e. The van der Waals surface area contributed by atoms with Crippen LogP contribution in [0.1, 0.15) is 18.4 Å². The van der Waals surface area contributed by atoms with Gasteiger partial charge in [-0.1, -0.05) is 42.5 Å². The monoisotopic (exact) mass is 322 g/mol. The molecule has 0 fully saturated rings. The van der Waals surface area contributed by atoms with Gasteiger partial charge in [0.05, 0.1) is 6.42 Å². The van der Waals surface area contributed by atoms with Crippen LogP contribution in [0.3, 0.4) is 0 Å².